The van der Waals surface area contributed by atoms with E-state index in [0.717, 1.165) is 30.4 Å². The first-order valence-electron chi connectivity index (χ1n) is 10.3. The maximum Gasteiger partial charge on any atom is 0.309 e. The number of likely N-dealkylation sites (tertiary alicyclic amines) is 1. The van der Waals surface area contributed by atoms with Gasteiger partial charge in [-0.05, 0) is 43.6 Å². The lowest BCUT2D eigenvalue weighted by Crippen LogP contribution is -2.40. The van der Waals surface area contributed by atoms with E-state index in [2.05, 4.69) is 14.5 Å². The van der Waals surface area contributed by atoms with Crippen LogP contribution in [0.1, 0.15) is 61.3 Å². The number of nitrogens with zero attached hydrogens (tertiary/aromatic N) is 4. The second kappa shape index (κ2) is 6.57. The maximum atomic E-state index is 13.0. The number of methoxy groups -OCH3 is 1. The Kier molecular flexibility index (Phi) is 4.14. The highest BCUT2D eigenvalue weighted by molar-refractivity contribution is 5.96. The van der Waals surface area contributed by atoms with E-state index in [9.17, 15) is 9.59 Å². The van der Waals surface area contributed by atoms with Crippen molar-refractivity contribution in [2.45, 2.75) is 51.0 Å². The van der Waals surface area contributed by atoms with Gasteiger partial charge < -0.3 is 14.2 Å². The van der Waals surface area contributed by atoms with Gasteiger partial charge in [0.15, 0.2) is 5.65 Å². The Morgan fingerprint density at radius 3 is 2.64 bits per heavy atom. The van der Waals surface area contributed by atoms with E-state index in [1.165, 1.54) is 32.8 Å². The van der Waals surface area contributed by atoms with E-state index < -0.39 is 0 Å². The zero-order valence-corrected chi connectivity index (χ0v) is 16.3. The molecule has 1 amide bonds. The van der Waals surface area contributed by atoms with Gasteiger partial charge >= 0.3 is 5.97 Å². The van der Waals surface area contributed by atoms with Gasteiger partial charge in [-0.15, -0.1) is 0 Å². The van der Waals surface area contributed by atoms with Crippen LogP contribution in [0.3, 0.4) is 0 Å². The molecule has 1 spiro atoms. The van der Waals surface area contributed by atoms with Gasteiger partial charge in [0, 0.05) is 25.3 Å². The topological polar surface area (TPSA) is 77.3 Å². The number of aromatic nitrogens is 3. The average Bonchev–Trinajstić information content (AvgIpc) is 3.08. The summed E-state index contributed by atoms with van der Waals surface area (Å²) < 4.78 is 7.06. The molecule has 2 saturated carbocycles. The highest BCUT2D eigenvalue weighted by atomic mass is 16.5. The Hall–Kier alpha value is -2.44. The lowest BCUT2D eigenvalue weighted by Gasteiger charge is -2.32. The number of fused-ring (bicyclic) bond motifs is 1. The molecule has 0 aromatic carbocycles. The summed E-state index contributed by atoms with van der Waals surface area (Å²) >= 11 is 0. The summed E-state index contributed by atoms with van der Waals surface area (Å²) in [6, 6.07) is 2.35. The van der Waals surface area contributed by atoms with Crippen molar-refractivity contribution in [3.8, 4) is 0 Å². The summed E-state index contributed by atoms with van der Waals surface area (Å²) in [4.78, 5) is 35.7. The Morgan fingerprint density at radius 2 is 1.93 bits per heavy atom. The van der Waals surface area contributed by atoms with Gasteiger partial charge in [-0.2, -0.15) is 0 Å². The largest absolute Gasteiger partial charge is 0.469 e. The van der Waals surface area contributed by atoms with E-state index >= 15 is 0 Å². The number of piperidine rings is 1. The van der Waals surface area contributed by atoms with Crippen molar-refractivity contribution in [3.05, 3.63) is 24.2 Å². The Morgan fingerprint density at radius 1 is 1.18 bits per heavy atom. The lowest BCUT2D eigenvalue weighted by molar-refractivity contribution is -0.143. The summed E-state index contributed by atoms with van der Waals surface area (Å²) in [5.74, 6) is -0.0745. The van der Waals surface area contributed by atoms with Gasteiger partial charge in [-0.3, -0.25) is 9.59 Å². The molecule has 1 atom stereocenters. The molecule has 7 heteroatoms. The first-order valence-corrected chi connectivity index (χ1v) is 10.3. The van der Waals surface area contributed by atoms with Gasteiger partial charge in [0.1, 0.15) is 5.52 Å². The molecule has 148 valence electrons. The lowest BCUT2D eigenvalue weighted by atomic mass is 9.90. The summed E-state index contributed by atoms with van der Waals surface area (Å²) in [6.45, 7) is 1.36. The molecular weight excluding hydrogens is 356 g/mol. The fourth-order valence-corrected chi connectivity index (χ4v) is 5.20. The van der Waals surface area contributed by atoms with Crippen LogP contribution in [0.5, 0.6) is 0 Å². The summed E-state index contributed by atoms with van der Waals surface area (Å²) in [5, 5.41) is 0. The van der Waals surface area contributed by atoms with Crippen LogP contribution in [0.2, 0.25) is 0 Å². The van der Waals surface area contributed by atoms with Crippen LogP contribution in [0.25, 0.3) is 11.2 Å². The minimum absolute atomic E-state index is 0.00920. The Balaban J connectivity index is 1.28. The number of carbonyl (C=O) groups excluding carboxylic acids is 2. The monoisotopic (exact) mass is 382 g/mol. The van der Waals surface area contributed by atoms with Crippen LogP contribution in [0.15, 0.2) is 18.6 Å². The van der Waals surface area contributed by atoms with E-state index in [1.54, 1.807) is 6.20 Å². The number of hydrogen-bond donors (Lipinski definition) is 0. The van der Waals surface area contributed by atoms with Crippen molar-refractivity contribution < 1.29 is 14.3 Å². The van der Waals surface area contributed by atoms with Crippen LogP contribution in [-0.4, -0.2) is 51.5 Å². The standard InChI is InChI=1S/C21H26N4O3/c1-28-20(27)16-11-21(16)6-8-24(9-7-21)19(26)14-10-17-18(22-12-14)25(13-23-17)15-4-2-3-5-15/h10,12-13,15-16H,2-9,11H2,1H3. The highest BCUT2D eigenvalue weighted by Gasteiger charge is 2.59. The SMILES string of the molecule is COC(=O)C1CC12CCN(C(=O)c1cnc3c(c1)ncn3C1CCCC1)CC2. The summed E-state index contributed by atoms with van der Waals surface area (Å²) in [7, 11) is 1.45. The van der Waals surface area contributed by atoms with E-state index in [1.807, 2.05) is 17.3 Å². The van der Waals surface area contributed by atoms with E-state index in [-0.39, 0.29) is 23.2 Å². The van der Waals surface area contributed by atoms with Crippen molar-refractivity contribution >= 4 is 23.0 Å². The van der Waals surface area contributed by atoms with Crippen LogP contribution in [0.4, 0.5) is 0 Å². The number of imidazole rings is 1. The average molecular weight is 382 g/mol. The van der Waals surface area contributed by atoms with Crippen LogP contribution in [0, 0.1) is 11.3 Å². The van der Waals surface area contributed by atoms with Crippen molar-refractivity contribution in [2.24, 2.45) is 11.3 Å². The first kappa shape index (κ1) is 17.6. The quantitative estimate of drug-likeness (QED) is 0.763. The third kappa shape index (κ3) is 2.79. The maximum absolute atomic E-state index is 13.0. The molecule has 2 aliphatic carbocycles. The van der Waals surface area contributed by atoms with Crippen molar-refractivity contribution in [2.75, 3.05) is 20.2 Å². The molecule has 1 unspecified atom stereocenters. The number of esters is 1. The van der Waals surface area contributed by atoms with Gasteiger partial charge in [0.25, 0.3) is 5.91 Å². The van der Waals surface area contributed by atoms with Crippen LogP contribution < -0.4 is 0 Å². The van der Waals surface area contributed by atoms with Crippen molar-refractivity contribution in [1.29, 1.82) is 0 Å². The summed E-state index contributed by atoms with van der Waals surface area (Å²) in [6.07, 6.45) is 11.1. The fourth-order valence-electron chi connectivity index (χ4n) is 5.20. The number of hydrogen-bond acceptors (Lipinski definition) is 5. The first-order chi connectivity index (χ1) is 13.6. The molecule has 7 nitrogen and oxygen atoms in total. The van der Waals surface area contributed by atoms with Gasteiger partial charge in [0.2, 0.25) is 0 Å². The molecule has 0 radical (unpaired) electrons. The minimum Gasteiger partial charge on any atom is -0.469 e. The normalized spacial score (nSPS) is 24.0. The predicted molar refractivity (Wildman–Crippen MR) is 103 cm³/mol. The highest BCUT2D eigenvalue weighted by Crippen LogP contribution is 2.59. The van der Waals surface area contributed by atoms with Crippen molar-refractivity contribution in [1.82, 2.24) is 19.4 Å². The predicted octanol–water partition coefficient (Wildman–Crippen LogP) is 2.96. The zero-order valence-electron chi connectivity index (χ0n) is 16.3. The molecule has 0 bridgehead atoms. The third-order valence-electron chi connectivity index (χ3n) is 7.10. The molecule has 3 fully saturated rings. The van der Waals surface area contributed by atoms with Gasteiger partial charge in [-0.25, -0.2) is 9.97 Å². The molecule has 5 rings (SSSR count). The number of amides is 1. The van der Waals surface area contributed by atoms with Gasteiger partial charge in [0.05, 0.1) is 24.9 Å². The van der Waals surface area contributed by atoms with Gasteiger partial charge in [-0.1, -0.05) is 12.8 Å². The molecule has 3 heterocycles. The third-order valence-corrected chi connectivity index (χ3v) is 7.10. The molecule has 28 heavy (non-hydrogen) atoms. The smallest absolute Gasteiger partial charge is 0.309 e. The molecule has 1 saturated heterocycles. The molecule has 1 aliphatic heterocycles. The molecule has 2 aromatic rings. The minimum atomic E-state index is -0.104. The molecule has 0 N–H and O–H groups in total. The van der Waals surface area contributed by atoms with E-state index in [4.69, 9.17) is 4.74 Å². The number of ether oxygens (including phenoxy) is 1. The van der Waals surface area contributed by atoms with Crippen LogP contribution in [-0.2, 0) is 9.53 Å². The Labute approximate surface area is 164 Å². The second-order valence-electron chi connectivity index (χ2n) is 8.59. The number of pyridine rings is 1. The zero-order chi connectivity index (χ0) is 19.3. The van der Waals surface area contributed by atoms with E-state index in [0.29, 0.717) is 24.7 Å². The fraction of sp³-hybridized carbons (Fsp3) is 0.619. The second-order valence-corrected chi connectivity index (χ2v) is 8.59. The van der Waals surface area contributed by atoms with Crippen molar-refractivity contribution in [3.63, 3.8) is 0 Å². The Bertz CT molecular complexity index is 923. The summed E-state index contributed by atoms with van der Waals surface area (Å²) in [5.41, 5.74) is 2.33. The molecular formula is C21H26N4O3. The van der Waals surface area contributed by atoms with Crippen LogP contribution >= 0.6 is 0 Å². The number of rotatable bonds is 3. The number of carbonyl (C=O) groups is 2. The molecule has 3 aliphatic rings. The molecule has 2 aromatic heterocycles.